The summed E-state index contributed by atoms with van der Waals surface area (Å²) in [7, 11) is 0. The van der Waals surface area contributed by atoms with Crippen molar-refractivity contribution in [2.45, 2.75) is 45.2 Å². The second kappa shape index (κ2) is 7.97. The lowest BCUT2D eigenvalue weighted by atomic mass is 9.97. The van der Waals surface area contributed by atoms with Gasteiger partial charge in [0.2, 0.25) is 0 Å². The summed E-state index contributed by atoms with van der Waals surface area (Å²) < 4.78 is 1.78. The summed E-state index contributed by atoms with van der Waals surface area (Å²) in [6.07, 6.45) is 5.19. The van der Waals surface area contributed by atoms with Crippen molar-refractivity contribution in [3.63, 3.8) is 0 Å². The molecule has 3 N–H and O–H groups in total. The van der Waals surface area contributed by atoms with E-state index in [0.29, 0.717) is 0 Å². The van der Waals surface area contributed by atoms with Crippen molar-refractivity contribution in [2.75, 3.05) is 6.61 Å². The second-order valence-corrected chi connectivity index (χ2v) is 6.30. The number of hydrogen-bond donors (Lipinski definition) is 3. The van der Waals surface area contributed by atoms with E-state index in [0.717, 1.165) is 24.1 Å². The number of urea groups is 1. The van der Waals surface area contributed by atoms with Crippen LogP contribution < -0.4 is 10.6 Å². The first-order chi connectivity index (χ1) is 11.5. The summed E-state index contributed by atoms with van der Waals surface area (Å²) in [5.74, 6) is 0. The summed E-state index contributed by atoms with van der Waals surface area (Å²) in [4.78, 5) is 12.3. The Hall–Kier alpha value is -2.34. The number of nitrogens with one attached hydrogen (secondary N) is 2. The lowest BCUT2D eigenvalue weighted by molar-refractivity contribution is 0.162. The maximum Gasteiger partial charge on any atom is 0.315 e. The van der Waals surface area contributed by atoms with Crippen molar-refractivity contribution < 1.29 is 9.90 Å². The molecule has 6 heteroatoms. The molecule has 1 aromatic carbocycles. The smallest absolute Gasteiger partial charge is 0.315 e. The second-order valence-electron chi connectivity index (χ2n) is 6.30. The maximum absolute atomic E-state index is 12.3. The van der Waals surface area contributed by atoms with Gasteiger partial charge in [-0.25, -0.2) is 9.48 Å². The van der Waals surface area contributed by atoms with Crippen LogP contribution in [0.4, 0.5) is 4.79 Å². The van der Waals surface area contributed by atoms with Crippen molar-refractivity contribution in [2.24, 2.45) is 0 Å². The molecule has 1 heterocycles. The van der Waals surface area contributed by atoms with Crippen molar-refractivity contribution in [1.82, 2.24) is 20.4 Å². The largest absolute Gasteiger partial charge is 0.394 e. The average Bonchev–Trinajstić information content (AvgIpc) is 3.09. The van der Waals surface area contributed by atoms with Gasteiger partial charge in [-0.05, 0) is 38.0 Å². The minimum atomic E-state index is -0.611. The molecule has 0 saturated heterocycles. The van der Waals surface area contributed by atoms with E-state index in [2.05, 4.69) is 15.7 Å². The van der Waals surface area contributed by atoms with Gasteiger partial charge in [0, 0.05) is 12.4 Å². The zero-order valence-electron chi connectivity index (χ0n) is 14.5. The van der Waals surface area contributed by atoms with Crippen LogP contribution >= 0.6 is 0 Å². The van der Waals surface area contributed by atoms with Gasteiger partial charge in [0.05, 0.1) is 23.9 Å². The minimum Gasteiger partial charge on any atom is -0.394 e. The molecule has 0 saturated carbocycles. The number of rotatable bonds is 7. The Labute approximate surface area is 142 Å². The number of carbonyl (C=O) groups is 1. The van der Waals surface area contributed by atoms with Gasteiger partial charge in [0.15, 0.2) is 0 Å². The van der Waals surface area contributed by atoms with E-state index >= 15 is 0 Å². The number of carbonyl (C=O) groups excluding carboxylic acids is 1. The number of aliphatic hydroxyl groups excluding tert-OH is 1. The number of nitrogens with zero attached hydrogens (tertiary/aromatic N) is 2. The monoisotopic (exact) mass is 330 g/mol. The van der Waals surface area contributed by atoms with E-state index in [4.69, 9.17) is 0 Å². The summed E-state index contributed by atoms with van der Waals surface area (Å²) in [5.41, 5.74) is 1.28. The molecule has 130 valence electrons. The van der Waals surface area contributed by atoms with Crippen molar-refractivity contribution >= 4 is 6.03 Å². The van der Waals surface area contributed by atoms with Gasteiger partial charge < -0.3 is 15.7 Å². The molecule has 2 rings (SSSR count). The lowest BCUT2D eigenvalue weighted by Gasteiger charge is -2.29. The number of para-hydroxylation sites is 1. The predicted octanol–water partition coefficient (Wildman–Crippen LogP) is 2.78. The Morgan fingerprint density at radius 2 is 2.12 bits per heavy atom. The molecular formula is C18H26N4O2. The lowest BCUT2D eigenvalue weighted by Crippen LogP contribution is -2.52. The summed E-state index contributed by atoms with van der Waals surface area (Å²) in [5, 5.41) is 19.6. The number of aliphatic hydroxyl groups is 1. The van der Waals surface area contributed by atoms with Crippen LogP contribution in [0.15, 0.2) is 42.7 Å². The molecule has 2 amide bonds. The third-order valence-electron chi connectivity index (χ3n) is 4.07. The molecule has 2 unspecified atom stereocenters. The van der Waals surface area contributed by atoms with E-state index in [1.165, 1.54) is 0 Å². The van der Waals surface area contributed by atoms with E-state index in [1.54, 1.807) is 10.9 Å². The Morgan fingerprint density at radius 1 is 1.38 bits per heavy atom. The number of aromatic nitrogens is 2. The molecule has 2 atom stereocenters. The first-order valence-electron chi connectivity index (χ1n) is 8.27. The van der Waals surface area contributed by atoms with E-state index in [1.807, 2.05) is 57.3 Å². The zero-order chi connectivity index (χ0) is 17.6. The van der Waals surface area contributed by atoms with Crippen LogP contribution in [0, 0.1) is 0 Å². The number of benzene rings is 1. The highest BCUT2D eigenvalue weighted by Gasteiger charge is 2.25. The fraction of sp³-hybridized carbons (Fsp3) is 0.444. The number of amides is 2. The Morgan fingerprint density at radius 3 is 2.75 bits per heavy atom. The summed E-state index contributed by atoms with van der Waals surface area (Å²) in [6, 6.07) is 9.19. The van der Waals surface area contributed by atoms with E-state index < -0.39 is 5.54 Å². The number of hydrogen-bond acceptors (Lipinski definition) is 3. The van der Waals surface area contributed by atoms with Crippen LogP contribution in [-0.4, -0.2) is 33.1 Å². The molecule has 0 fully saturated rings. The quantitative estimate of drug-likeness (QED) is 0.730. The van der Waals surface area contributed by atoms with Gasteiger partial charge in [-0.1, -0.05) is 31.5 Å². The van der Waals surface area contributed by atoms with Gasteiger partial charge in [0.25, 0.3) is 0 Å². The van der Waals surface area contributed by atoms with Gasteiger partial charge in [0.1, 0.15) is 0 Å². The van der Waals surface area contributed by atoms with Crippen LogP contribution in [0.25, 0.3) is 5.69 Å². The molecule has 0 spiro atoms. The van der Waals surface area contributed by atoms with Crippen molar-refractivity contribution in [1.29, 1.82) is 0 Å². The molecule has 0 aliphatic heterocycles. The molecular weight excluding hydrogens is 304 g/mol. The third kappa shape index (κ3) is 4.35. The topological polar surface area (TPSA) is 79.2 Å². The predicted molar refractivity (Wildman–Crippen MR) is 94.0 cm³/mol. The van der Waals surface area contributed by atoms with Crippen LogP contribution in [0.2, 0.25) is 0 Å². The highest BCUT2D eigenvalue weighted by molar-refractivity contribution is 5.75. The van der Waals surface area contributed by atoms with E-state index in [9.17, 15) is 9.90 Å². The van der Waals surface area contributed by atoms with Crippen LogP contribution in [-0.2, 0) is 0 Å². The fourth-order valence-electron chi connectivity index (χ4n) is 2.79. The van der Waals surface area contributed by atoms with Crippen molar-refractivity contribution in [3.8, 4) is 5.69 Å². The summed E-state index contributed by atoms with van der Waals surface area (Å²) in [6.45, 7) is 5.71. The van der Waals surface area contributed by atoms with Gasteiger partial charge >= 0.3 is 6.03 Å². The van der Waals surface area contributed by atoms with Crippen molar-refractivity contribution in [3.05, 3.63) is 48.3 Å². The minimum absolute atomic E-state index is 0.0908. The molecule has 0 aliphatic rings. The van der Waals surface area contributed by atoms with Gasteiger partial charge in [-0.3, -0.25) is 0 Å². The van der Waals surface area contributed by atoms with Crippen LogP contribution in [0.3, 0.4) is 0 Å². The molecule has 0 radical (unpaired) electrons. The van der Waals surface area contributed by atoms with Crippen LogP contribution in [0.5, 0.6) is 0 Å². The van der Waals surface area contributed by atoms with E-state index in [-0.39, 0.29) is 18.7 Å². The van der Waals surface area contributed by atoms with Gasteiger partial charge in [-0.15, -0.1) is 0 Å². The Bertz CT molecular complexity index is 657. The standard InChI is InChI=1S/C18H26N4O2/c1-4-10-18(3,13-23)21-17(24)20-14(2)15-8-5-6-9-16(15)22-12-7-11-19-22/h5-9,11-12,14,23H,4,10,13H2,1-3H3,(H2,20,21,24). The zero-order valence-corrected chi connectivity index (χ0v) is 14.5. The highest BCUT2D eigenvalue weighted by atomic mass is 16.3. The third-order valence-corrected chi connectivity index (χ3v) is 4.07. The SMILES string of the molecule is CCCC(C)(CO)NC(=O)NC(C)c1ccccc1-n1cccn1. The molecule has 0 bridgehead atoms. The average molecular weight is 330 g/mol. The first-order valence-corrected chi connectivity index (χ1v) is 8.27. The highest BCUT2D eigenvalue weighted by Crippen LogP contribution is 2.21. The molecule has 0 aliphatic carbocycles. The molecule has 6 nitrogen and oxygen atoms in total. The normalized spacial score (nSPS) is 14.7. The molecule has 1 aromatic heterocycles. The van der Waals surface area contributed by atoms with Gasteiger partial charge in [-0.2, -0.15) is 5.10 Å². The first kappa shape index (κ1) is 18.0. The maximum atomic E-state index is 12.3. The Balaban J connectivity index is 2.10. The Kier molecular flexibility index (Phi) is 5.98. The molecule has 2 aromatic rings. The fourth-order valence-corrected chi connectivity index (χ4v) is 2.79. The van der Waals surface area contributed by atoms with Crippen LogP contribution in [0.1, 0.15) is 45.2 Å². The summed E-state index contributed by atoms with van der Waals surface area (Å²) >= 11 is 0. The molecule has 24 heavy (non-hydrogen) atoms.